The van der Waals surface area contributed by atoms with Gasteiger partial charge in [0.2, 0.25) is 0 Å². The van der Waals surface area contributed by atoms with Crippen molar-refractivity contribution in [1.29, 1.82) is 0 Å². The van der Waals surface area contributed by atoms with Crippen molar-refractivity contribution in [2.45, 2.75) is 66.2 Å². The van der Waals surface area contributed by atoms with Crippen molar-refractivity contribution >= 4 is 8.25 Å². The van der Waals surface area contributed by atoms with E-state index in [4.69, 9.17) is 9.05 Å². The molecule has 2 aromatic rings. The summed E-state index contributed by atoms with van der Waals surface area (Å²) in [7, 11) is -2.67. The Hall–Kier alpha value is -1.73. The van der Waals surface area contributed by atoms with Crippen LogP contribution in [0.2, 0.25) is 0 Å². The van der Waals surface area contributed by atoms with Crippen LogP contribution in [0.3, 0.4) is 0 Å². The summed E-state index contributed by atoms with van der Waals surface area (Å²) in [6, 6.07) is 12.4. The first-order valence-corrected chi connectivity index (χ1v) is 11.0. The normalized spacial score (nSPS) is 11.0. The van der Waals surface area contributed by atoms with Crippen molar-refractivity contribution in [3.05, 3.63) is 58.7 Å². The van der Waals surface area contributed by atoms with Crippen LogP contribution >= 0.6 is 8.25 Å². The van der Waals surface area contributed by atoms with Crippen LogP contribution in [0.5, 0.6) is 11.5 Å². The first-order valence-electron chi connectivity index (χ1n) is 9.74. The fourth-order valence-corrected chi connectivity index (χ4v) is 3.84. The summed E-state index contributed by atoms with van der Waals surface area (Å²) in [6.45, 7) is 8.44. The van der Waals surface area contributed by atoms with Crippen LogP contribution in [0.25, 0.3) is 0 Å². The average molecular weight is 374 g/mol. The van der Waals surface area contributed by atoms with Gasteiger partial charge in [-0.3, -0.25) is 0 Å². The van der Waals surface area contributed by atoms with E-state index in [9.17, 15) is 4.57 Å². The molecular weight excluding hydrogens is 343 g/mol. The van der Waals surface area contributed by atoms with Crippen LogP contribution in [0.15, 0.2) is 36.4 Å². The van der Waals surface area contributed by atoms with E-state index in [0.717, 1.165) is 49.7 Å². The summed E-state index contributed by atoms with van der Waals surface area (Å²) in [4.78, 5) is 0. The van der Waals surface area contributed by atoms with Gasteiger partial charge in [0.25, 0.3) is 0 Å². The molecule has 0 saturated heterocycles. The van der Waals surface area contributed by atoms with E-state index < -0.39 is 8.25 Å². The van der Waals surface area contributed by atoms with E-state index in [1.54, 1.807) is 0 Å². The van der Waals surface area contributed by atoms with Crippen molar-refractivity contribution < 1.29 is 13.6 Å². The number of rotatable bonds is 10. The van der Waals surface area contributed by atoms with Gasteiger partial charge in [0.1, 0.15) is 11.5 Å². The number of benzene rings is 2. The lowest BCUT2D eigenvalue weighted by Crippen LogP contribution is -1.97. The highest BCUT2D eigenvalue weighted by Gasteiger charge is 2.12. The predicted molar refractivity (Wildman–Crippen MR) is 110 cm³/mol. The second kappa shape index (κ2) is 10.4. The molecule has 0 atom stereocenters. The van der Waals surface area contributed by atoms with Crippen molar-refractivity contribution in [2.24, 2.45) is 0 Å². The van der Waals surface area contributed by atoms with Crippen molar-refractivity contribution in [2.75, 3.05) is 0 Å². The number of aryl methyl sites for hydroxylation is 4. The average Bonchev–Trinajstić information content (AvgIpc) is 2.63. The molecule has 0 N–H and O–H groups in total. The van der Waals surface area contributed by atoms with Gasteiger partial charge < -0.3 is 9.05 Å². The van der Waals surface area contributed by atoms with Crippen LogP contribution in [-0.4, -0.2) is 0 Å². The maximum atomic E-state index is 12.6. The Kier molecular flexibility index (Phi) is 8.25. The van der Waals surface area contributed by atoms with Crippen LogP contribution in [0, 0.1) is 0 Å². The van der Waals surface area contributed by atoms with Crippen molar-refractivity contribution in [1.82, 2.24) is 0 Å². The molecule has 0 aliphatic heterocycles. The lowest BCUT2D eigenvalue weighted by molar-refractivity contribution is 0.412. The molecular formula is C22H31O3P. The number of hydrogen-bond acceptors (Lipinski definition) is 3. The fourth-order valence-electron chi connectivity index (χ4n) is 3.06. The molecule has 0 radical (unpaired) electrons. The van der Waals surface area contributed by atoms with Crippen molar-refractivity contribution in [3.63, 3.8) is 0 Å². The zero-order chi connectivity index (χ0) is 18.9. The summed E-state index contributed by atoms with van der Waals surface area (Å²) < 4.78 is 24.1. The minimum atomic E-state index is -2.67. The molecule has 0 spiro atoms. The molecule has 2 aromatic carbocycles. The highest BCUT2D eigenvalue weighted by molar-refractivity contribution is 7.34. The highest BCUT2D eigenvalue weighted by Crippen LogP contribution is 2.35. The molecule has 0 aromatic heterocycles. The third-order valence-electron chi connectivity index (χ3n) is 4.49. The first kappa shape index (κ1) is 20.6. The Bertz CT molecular complexity index is 679. The summed E-state index contributed by atoms with van der Waals surface area (Å²) in [6.07, 6.45) is 5.79. The Morgan fingerprint density at radius 1 is 0.731 bits per heavy atom. The van der Waals surface area contributed by atoms with Gasteiger partial charge in [-0.05, 0) is 60.1 Å². The minimum Gasteiger partial charge on any atom is -0.418 e. The predicted octanol–water partition coefficient (Wildman–Crippen LogP) is 6.56. The van der Waals surface area contributed by atoms with Crippen LogP contribution in [-0.2, 0) is 30.2 Å². The van der Waals surface area contributed by atoms with Gasteiger partial charge >= 0.3 is 8.25 Å². The van der Waals surface area contributed by atoms with E-state index in [1.807, 2.05) is 12.1 Å². The van der Waals surface area contributed by atoms with Gasteiger partial charge in [0.05, 0.1) is 0 Å². The maximum absolute atomic E-state index is 12.6. The zero-order valence-electron chi connectivity index (χ0n) is 16.4. The van der Waals surface area contributed by atoms with E-state index in [1.165, 1.54) is 11.1 Å². The van der Waals surface area contributed by atoms with E-state index in [2.05, 4.69) is 52.0 Å². The topological polar surface area (TPSA) is 35.5 Å². The SMILES string of the molecule is CCCc1ccc(CC)c(O[PH](=O)Oc2cc(CCC)ccc2CC)c1. The second-order valence-corrected chi connectivity index (χ2v) is 7.45. The van der Waals surface area contributed by atoms with E-state index in [-0.39, 0.29) is 0 Å². The fraction of sp³-hybridized carbons (Fsp3) is 0.455. The standard InChI is InChI=1S/C22H31O3P/c1-5-9-17-11-13-19(7-3)21(15-17)24-26(23)25-22-16-18(10-6-2)12-14-20(22)8-4/h11-16,26H,5-10H2,1-4H3. The van der Waals surface area contributed by atoms with Gasteiger partial charge in [-0.25, -0.2) is 4.57 Å². The van der Waals surface area contributed by atoms with Gasteiger partial charge in [0.15, 0.2) is 0 Å². The molecule has 3 nitrogen and oxygen atoms in total. The molecule has 142 valence electrons. The van der Waals surface area contributed by atoms with Crippen molar-refractivity contribution in [3.8, 4) is 11.5 Å². The lowest BCUT2D eigenvalue weighted by Gasteiger charge is -2.15. The number of hydrogen-bond donors (Lipinski definition) is 0. The van der Waals surface area contributed by atoms with Crippen LogP contribution in [0.1, 0.15) is 62.8 Å². The van der Waals surface area contributed by atoms with E-state index >= 15 is 0 Å². The summed E-state index contributed by atoms with van der Waals surface area (Å²) in [5, 5.41) is 0. The van der Waals surface area contributed by atoms with Gasteiger partial charge in [-0.1, -0.05) is 64.8 Å². The van der Waals surface area contributed by atoms with E-state index in [0.29, 0.717) is 11.5 Å². The summed E-state index contributed by atoms with van der Waals surface area (Å²) in [5.41, 5.74) is 4.52. The zero-order valence-corrected chi connectivity index (χ0v) is 17.4. The molecule has 0 heterocycles. The molecule has 0 fully saturated rings. The molecule has 26 heavy (non-hydrogen) atoms. The Morgan fingerprint density at radius 2 is 1.15 bits per heavy atom. The third kappa shape index (κ3) is 5.64. The molecule has 0 amide bonds. The monoisotopic (exact) mass is 374 g/mol. The summed E-state index contributed by atoms with van der Waals surface area (Å²) in [5.74, 6) is 1.37. The van der Waals surface area contributed by atoms with Gasteiger partial charge in [0, 0.05) is 0 Å². The second-order valence-electron chi connectivity index (χ2n) is 6.55. The largest absolute Gasteiger partial charge is 0.418 e. The van der Waals surface area contributed by atoms with Crippen LogP contribution in [0.4, 0.5) is 0 Å². The van der Waals surface area contributed by atoms with Gasteiger partial charge in [-0.15, -0.1) is 0 Å². The first-order chi connectivity index (χ1) is 12.6. The Balaban J connectivity index is 2.18. The molecule has 2 rings (SSSR count). The highest BCUT2D eigenvalue weighted by atomic mass is 31.1. The summed E-state index contributed by atoms with van der Waals surface area (Å²) >= 11 is 0. The Morgan fingerprint density at radius 3 is 1.50 bits per heavy atom. The molecule has 0 saturated carbocycles. The minimum absolute atomic E-state index is 0.685. The van der Waals surface area contributed by atoms with Gasteiger partial charge in [-0.2, -0.15) is 0 Å². The van der Waals surface area contributed by atoms with Crippen LogP contribution < -0.4 is 9.05 Å². The quantitative estimate of drug-likeness (QED) is 0.442. The molecule has 0 bridgehead atoms. The molecule has 0 aliphatic rings. The molecule has 0 aliphatic carbocycles. The molecule has 0 unspecified atom stereocenters. The Labute approximate surface area is 158 Å². The lowest BCUT2D eigenvalue weighted by atomic mass is 10.1. The third-order valence-corrected chi connectivity index (χ3v) is 5.26. The smallest absolute Gasteiger partial charge is 0.418 e. The molecule has 4 heteroatoms. The maximum Gasteiger partial charge on any atom is 0.418 e.